The van der Waals surface area contributed by atoms with Crippen molar-refractivity contribution in [1.29, 1.82) is 10.5 Å². The fraction of sp³-hybridized carbons (Fsp3) is 0.262. The smallest absolute Gasteiger partial charge is 0.447 e. The lowest BCUT2D eigenvalue weighted by Crippen LogP contribution is -2.47. The predicted octanol–water partition coefficient (Wildman–Crippen LogP) is 8.35. The van der Waals surface area contributed by atoms with Gasteiger partial charge in [0.15, 0.2) is 11.9 Å². The summed E-state index contributed by atoms with van der Waals surface area (Å²) in [4.78, 5) is 18.5. The number of nitrogens with zero attached hydrogens (tertiary/aromatic N) is 5. The molecule has 3 aromatic carbocycles. The average Bonchev–Trinajstić information content (AvgIpc) is 3.76. The van der Waals surface area contributed by atoms with Crippen molar-refractivity contribution in [2.24, 2.45) is 0 Å². The van der Waals surface area contributed by atoms with Gasteiger partial charge in [-0.25, -0.2) is 32.2 Å². The first-order chi connectivity index (χ1) is 28.9. The number of carbonyl (C=O) groups excluding carboxylic acids is 1. The van der Waals surface area contributed by atoms with Gasteiger partial charge in [0.05, 0.1) is 73.7 Å². The van der Waals surface area contributed by atoms with E-state index in [9.17, 15) is 23.4 Å². The fourth-order valence-corrected chi connectivity index (χ4v) is 8.31. The molecule has 5 rings (SSSR count). The van der Waals surface area contributed by atoms with Crippen LogP contribution in [-0.2, 0) is 51.1 Å². The van der Waals surface area contributed by atoms with Crippen molar-refractivity contribution in [2.75, 3.05) is 26.4 Å². The summed E-state index contributed by atoms with van der Waals surface area (Å²) in [6.07, 6.45) is 10.9. The van der Waals surface area contributed by atoms with Crippen LogP contribution in [-0.4, -0.2) is 64.0 Å². The summed E-state index contributed by atoms with van der Waals surface area (Å²) in [6, 6.07) is 14.9. The minimum Gasteiger partial charge on any atom is -0.447 e. The molecule has 0 spiro atoms. The summed E-state index contributed by atoms with van der Waals surface area (Å²) in [5, 5.41) is 21.7. The number of phosphoric ester groups is 1. The molecule has 4 aromatic rings. The molecule has 1 aliphatic rings. The highest BCUT2D eigenvalue weighted by Gasteiger charge is 2.47. The van der Waals surface area contributed by atoms with Crippen LogP contribution in [0.2, 0.25) is 0 Å². The summed E-state index contributed by atoms with van der Waals surface area (Å²) < 4.78 is 93.8. The molecule has 0 N–H and O–H groups in total. The van der Waals surface area contributed by atoms with Gasteiger partial charge in [-0.3, -0.25) is 13.6 Å². The molecule has 1 fully saturated rings. The summed E-state index contributed by atoms with van der Waals surface area (Å²) >= 11 is 1.25. The van der Waals surface area contributed by atoms with E-state index in [0.717, 1.165) is 12.1 Å². The Morgan fingerprint density at radius 2 is 1.70 bits per heavy atom. The molecule has 2 unspecified atom stereocenters. The van der Waals surface area contributed by atoms with E-state index >= 15 is 4.39 Å². The largest absolute Gasteiger partial charge is 0.475 e. The predicted molar refractivity (Wildman–Crippen MR) is 215 cm³/mol. The molecule has 18 heteroatoms. The first-order valence-electron chi connectivity index (χ1n) is 18.2. The van der Waals surface area contributed by atoms with Crippen molar-refractivity contribution in [2.45, 2.75) is 42.5 Å². The third-order valence-electron chi connectivity index (χ3n) is 8.79. The molecule has 0 aliphatic carbocycles. The van der Waals surface area contributed by atoms with Gasteiger partial charge in [0, 0.05) is 22.4 Å². The highest BCUT2D eigenvalue weighted by atomic mass is 32.2. The van der Waals surface area contributed by atoms with Gasteiger partial charge in [-0.15, -0.1) is 24.9 Å². The van der Waals surface area contributed by atoms with E-state index in [1.54, 1.807) is 25.2 Å². The van der Waals surface area contributed by atoms with Gasteiger partial charge in [0.1, 0.15) is 30.1 Å². The number of benzene rings is 3. The maximum absolute atomic E-state index is 16.1. The van der Waals surface area contributed by atoms with E-state index in [4.69, 9.17) is 33.0 Å². The molecule has 2 heterocycles. The standard InChI is InChI=1S/C42H39F3N5O8PS/c1-4-16-55-59(52,56-17-5-2)57-23-33-13-11-30(21-46)18-36(33)41(51)58-42(26-50-28-48-27-49-50,37-15-14-34(43)20-39(37)45)29(3)60-35-24-53-40(54-25-35)9-7-6-8-32-12-10-31(22-47)19-38(32)44/h4-15,18-20,27-29,35,40H,1-2,16-17,23-26H2,3H3. The number of hydrogen-bond acceptors (Lipinski definition) is 13. The van der Waals surface area contributed by atoms with E-state index in [1.165, 1.54) is 83.7 Å². The molecule has 60 heavy (non-hydrogen) atoms. The van der Waals surface area contributed by atoms with Crippen molar-refractivity contribution in [3.63, 3.8) is 0 Å². The van der Waals surface area contributed by atoms with Crippen molar-refractivity contribution < 1.29 is 50.3 Å². The highest BCUT2D eigenvalue weighted by molar-refractivity contribution is 8.00. The van der Waals surface area contributed by atoms with Gasteiger partial charge in [0.2, 0.25) is 0 Å². The lowest BCUT2D eigenvalue weighted by Gasteiger charge is -2.40. The summed E-state index contributed by atoms with van der Waals surface area (Å²) in [7, 11) is -4.21. The second-order valence-electron chi connectivity index (χ2n) is 12.9. The van der Waals surface area contributed by atoms with E-state index in [2.05, 4.69) is 23.2 Å². The quantitative estimate of drug-likeness (QED) is 0.0360. The van der Waals surface area contributed by atoms with Gasteiger partial charge in [-0.2, -0.15) is 15.6 Å². The van der Waals surface area contributed by atoms with Gasteiger partial charge in [-0.05, 0) is 55.0 Å². The molecule has 0 radical (unpaired) electrons. The van der Waals surface area contributed by atoms with Crippen molar-refractivity contribution >= 4 is 31.6 Å². The lowest BCUT2D eigenvalue weighted by atomic mass is 9.89. The molecule has 0 bridgehead atoms. The van der Waals surface area contributed by atoms with Gasteiger partial charge in [-0.1, -0.05) is 42.5 Å². The first kappa shape index (κ1) is 45.5. The number of carbonyl (C=O) groups is 1. The van der Waals surface area contributed by atoms with E-state index in [-0.39, 0.29) is 66.4 Å². The summed E-state index contributed by atoms with van der Waals surface area (Å²) in [5.41, 5.74) is -1.64. The number of nitriles is 2. The molecular formula is C42H39F3N5O8PS. The second kappa shape index (κ2) is 21.6. The SMILES string of the molecule is C=CCOP(=O)(OCC=C)OCc1ccc(C#N)cc1C(=O)OC(Cn1cncn1)(c1ccc(F)cc1F)C(C)SC1COC(C=CC=Cc2ccc(C#N)cc2F)OC1. The Bertz CT molecular complexity index is 2330. The maximum atomic E-state index is 16.1. The molecule has 13 nitrogen and oxygen atoms in total. The third-order valence-corrected chi connectivity index (χ3v) is 11.6. The number of allylic oxidation sites excluding steroid dienone is 2. The van der Waals surface area contributed by atoms with Crippen molar-refractivity contribution in [3.05, 3.63) is 162 Å². The lowest BCUT2D eigenvalue weighted by molar-refractivity contribution is -0.146. The summed E-state index contributed by atoms with van der Waals surface area (Å²) in [6.45, 7) is 7.86. The average molecular weight is 862 g/mol. The van der Waals surface area contributed by atoms with Crippen LogP contribution in [0.25, 0.3) is 6.08 Å². The number of thioether (sulfide) groups is 1. The Labute approximate surface area is 348 Å². The van der Waals surface area contributed by atoms with Gasteiger partial charge in [0.25, 0.3) is 0 Å². The Hall–Kier alpha value is -5.62. The first-order valence-corrected chi connectivity index (χ1v) is 20.6. The van der Waals surface area contributed by atoms with Crippen molar-refractivity contribution in [1.82, 2.24) is 14.8 Å². The minimum atomic E-state index is -4.21. The van der Waals surface area contributed by atoms with E-state index in [0.29, 0.717) is 6.07 Å². The minimum absolute atomic E-state index is 0.0639. The molecular weight excluding hydrogens is 823 g/mol. The normalized spacial score (nSPS) is 17.1. The molecule has 1 saturated heterocycles. The second-order valence-corrected chi connectivity index (χ2v) is 16.2. The molecule has 312 valence electrons. The van der Waals surface area contributed by atoms with Crippen LogP contribution in [0.5, 0.6) is 0 Å². The van der Waals surface area contributed by atoms with E-state index in [1.807, 2.05) is 12.1 Å². The number of esters is 1. The highest BCUT2D eigenvalue weighted by Crippen LogP contribution is 2.50. The zero-order chi connectivity index (χ0) is 43.1. The van der Waals surface area contributed by atoms with Crippen LogP contribution in [0.4, 0.5) is 13.2 Å². The Kier molecular flexibility index (Phi) is 16.4. The Morgan fingerprint density at radius 1 is 1.00 bits per heavy atom. The summed E-state index contributed by atoms with van der Waals surface area (Å²) in [5.74, 6) is -3.46. The van der Waals surface area contributed by atoms with Crippen LogP contribution in [0, 0.1) is 40.1 Å². The molecule has 0 saturated carbocycles. The topological polar surface area (TPSA) is 168 Å². The van der Waals surface area contributed by atoms with Crippen LogP contribution in [0.15, 0.2) is 111 Å². The number of hydrogen-bond donors (Lipinski definition) is 0. The van der Waals surface area contributed by atoms with Crippen LogP contribution < -0.4 is 0 Å². The van der Waals surface area contributed by atoms with Crippen molar-refractivity contribution in [3.8, 4) is 12.1 Å². The molecule has 1 aliphatic heterocycles. The van der Waals surface area contributed by atoms with Crippen LogP contribution >= 0.6 is 19.6 Å². The maximum Gasteiger partial charge on any atom is 0.475 e. The zero-order valence-corrected chi connectivity index (χ0v) is 33.9. The van der Waals surface area contributed by atoms with Gasteiger partial charge < -0.3 is 14.2 Å². The number of aromatic nitrogens is 3. The molecule has 0 amide bonds. The third kappa shape index (κ3) is 12.0. The number of halogens is 3. The fourth-order valence-electron chi connectivity index (χ4n) is 5.86. The monoisotopic (exact) mass is 861 g/mol. The van der Waals surface area contributed by atoms with Crippen LogP contribution in [0.1, 0.15) is 45.1 Å². The Balaban J connectivity index is 1.42. The zero-order valence-electron chi connectivity index (χ0n) is 32.2. The molecule has 2 atom stereocenters. The number of rotatable bonds is 20. The number of phosphoric acid groups is 1. The van der Waals surface area contributed by atoms with Crippen LogP contribution in [0.3, 0.4) is 0 Å². The van der Waals surface area contributed by atoms with Gasteiger partial charge >= 0.3 is 13.8 Å². The van der Waals surface area contributed by atoms with E-state index < -0.39 is 60.2 Å². The number of ether oxygens (including phenoxy) is 3. The Morgan fingerprint density at radius 3 is 2.33 bits per heavy atom. The molecule has 1 aromatic heterocycles.